The topological polar surface area (TPSA) is 80.2 Å². The van der Waals surface area contributed by atoms with Crippen LogP contribution in [0.25, 0.3) is 10.8 Å². The molecule has 1 saturated heterocycles. The van der Waals surface area contributed by atoms with Gasteiger partial charge in [-0.25, -0.2) is 4.99 Å². The van der Waals surface area contributed by atoms with Crippen molar-refractivity contribution in [2.75, 3.05) is 32.2 Å². The predicted octanol–water partition coefficient (Wildman–Crippen LogP) is 4.85. The van der Waals surface area contributed by atoms with E-state index in [0.717, 1.165) is 16.5 Å². The van der Waals surface area contributed by atoms with Crippen LogP contribution in [0.5, 0.6) is 5.75 Å². The third-order valence-electron chi connectivity index (χ3n) is 5.32. The molecule has 0 aromatic heterocycles. The highest BCUT2D eigenvalue weighted by Gasteiger charge is 2.39. The second kappa shape index (κ2) is 11.2. The van der Waals surface area contributed by atoms with Gasteiger partial charge in [0.05, 0.1) is 25.4 Å². The van der Waals surface area contributed by atoms with E-state index in [1.807, 2.05) is 73.7 Å². The van der Waals surface area contributed by atoms with E-state index in [-0.39, 0.29) is 18.2 Å². The van der Waals surface area contributed by atoms with Gasteiger partial charge in [0, 0.05) is 19.2 Å². The van der Waals surface area contributed by atoms with Crippen LogP contribution in [0.1, 0.15) is 13.3 Å². The lowest BCUT2D eigenvalue weighted by Crippen LogP contribution is -2.35. The fourth-order valence-corrected chi connectivity index (χ4v) is 4.84. The molecule has 0 bridgehead atoms. The van der Waals surface area contributed by atoms with Gasteiger partial charge < -0.3 is 14.8 Å². The molecule has 2 amide bonds. The average Bonchev–Trinajstić information content (AvgIpc) is 3.12. The monoisotopic (exact) mass is 477 g/mol. The van der Waals surface area contributed by atoms with Crippen LogP contribution < -0.4 is 10.1 Å². The lowest BCUT2D eigenvalue weighted by atomic mass is 10.1. The van der Waals surface area contributed by atoms with E-state index in [0.29, 0.717) is 36.3 Å². The van der Waals surface area contributed by atoms with Crippen LogP contribution in [0.4, 0.5) is 11.4 Å². The first-order chi connectivity index (χ1) is 16.6. The summed E-state index contributed by atoms with van der Waals surface area (Å²) >= 11 is 1.31. The summed E-state index contributed by atoms with van der Waals surface area (Å²) in [6, 6.07) is 21.1. The van der Waals surface area contributed by atoms with Gasteiger partial charge in [-0.05, 0) is 54.1 Å². The second-order valence-electron chi connectivity index (χ2n) is 7.72. The van der Waals surface area contributed by atoms with E-state index >= 15 is 0 Å². The van der Waals surface area contributed by atoms with Crippen LogP contribution in [0.3, 0.4) is 0 Å². The third-order valence-corrected chi connectivity index (χ3v) is 6.49. The molecule has 1 atom stereocenters. The number of ether oxygens (including phenoxy) is 2. The van der Waals surface area contributed by atoms with Crippen molar-refractivity contribution in [3.05, 3.63) is 66.7 Å². The highest BCUT2D eigenvalue weighted by molar-refractivity contribution is 8.15. The summed E-state index contributed by atoms with van der Waals surface area (Å²) in [4.78, 5) is 32.1. The number of nitrogens with one attached hydrogen (secondary N) is 1. The molecule has 1 aliphatic rings. The number of amides is 2. The summed E-state index contributed by atoms with van der Waals surface area (Å²) in [5.41, 5.74) is 1.42. The van der Waals surface area contributed by atoms with Gasteiger partial charge in [0.1, 0.15) is 11.0 Å². The van der Waals surface area contributed by atoms with Crippen molar-refractivity contribution in [3.63, 3.8) is 0 Å². The first kappa shape index (κ1) is 23.8. The molecule has 1 N–H and O–H groups in total. The van der Waals surface area contributed by atoms with Gasteiger partial charge in [0.25, 0.3) is 0 Å². The quantitative estimate of drug-likeness (QED) is 0.477. The van der Waals surface area contributed by atoms with Gasteiger partial charge in [0.2, 0.25) is 11.8 Å². The number of benzene rings is 3. The molecule has 0 aliphatic carbocycles. The van der Waals surface area contributed by atoms with Crippen molar-refractivity contribution in [2.45, 2.75) is 18.6 Å². The number of anilines is 1. The zero-order chi connectivity index (χ0) is 23.9. The molecule has 176 valence electrons. The summed E-state index contributed by atoms with van der Waals surface area (Å²) in [6.07, 6.45) is 0.0576. The van der Waals surface area contributed by atoms with E-state index in [1.54, 1.807) is 12.0 Å². The number of aliphatic imine (C=N–C) groups is 1. The maximum atomic E-state index is 13.1. The normalized spacial score (nSPS) is 16.9. The molecule has 3 aromatic carbocycles. The standard InChI is InChI=1S/C26H27N3O4S/c1-3-33-22-12-10-20(11-13-22)28-26-29(14-15-32-2)25(31)23(34-26)17-24(30)27-21-9-8-18-6-4-5-7-19(18)16-21/h4-13,16,23H,3,14-15,17H2,1-2H3,(H,27,30). The Morgan fingerprint density at radius 1 is 1.09 bits per heavy atom. The Balaban J connectivity index is 1.46. The highest BCUT2D eigenvalue weighted by atomic mass is 32.2. The number of amidine groups is 1. The van der Waals surface area contributed by atoms with E-state index < -0.39 is 5.25 Å². The smallest absolute Gasteiger partial charge is 0.242 e. The Morgan fingerprint density at radius 2 is 1.85 bits per heavy atom. The Morgan fingerprint density at radius 3 is 2.59 bits per heavy atom. The lowest BCUT2D eigenvalue weighted by molar-refractivity contribution is -0.128. The average molecular weight is 478 g/mol. The molecule has 1 fully saturated rings. The molecular formula is C26H27N3O4S. The highest BCUT2D eigenvalue weighted by Crippen LogP contribution is 2.32. The van der Waals surface area contributed by atoms with Gasteiger partial charge in [-0.2, -0.15) is 0 Å². The van der Waals surface area contributed by atoms with Crippen LogP contribution in [-0.4, -0.2) is 54.0 Å². The van der Waals surface area contributed by atoms with E-state index in [4.69, 9.17) is 9.47 Å². The number of methoxy groups -OCH3 is 1. The number of carbonyl (C=O) groups excluding carboxylic acids is 2. The first-order valence-electron chi connectivity index (χ1n) is 11.1. The lowest BCUT2D eigenvalue weighted by Gasteiger charge is -2.15. The van der Waals surface area contributed by atoms with Gasteiger partial charge in [-0.1, -0.05) is 42.1 Å². The molecule has 0 spiro atoms. The number of hydrogen-bond acceptors (Lipinski definition) is 6. The maximum absolute atomic E-state index is 13.1. The van der Waals surface area contributed by atoms with Gasteiger partial charge in [0.15, 0.2) is 5.17 Å². The maximum Gasteiger partial charge on any atom is 0.242 e. The van der Waals surface area contributed by atoms with Crippen LogP contribution in [0.2, 0.25) is 0 Å². The minimum absolute atomic E-state index is 0.0576. The number of rotatable bonds is 9. The van der Waals surface area contributed by atoms with Crippen LogP contribution >= 0.6 is 11.8 Å². The molecular weight excluding hydrogens is 450 g/mol. The molecule has 0 radical (unpaired) electrons. The Kier molecular flexibility index (Phi) is 7.82. The van der Waals surface area contributed by atoms with Crippen molar-refractivity contribution >= 4 is 50.9 Å². The van der Waals surface area contributed by atoms with Crippen LogP contribution in [0, 0.1) is 0 Å². The summed E-state index contributed by atoms with van der Waals surface area (Å²) < 4.78 is 10.6. The molecule has 8 heteroatoms. The summed E-state index contributed by atoms with van der Waals surface area (Å²) in [5, 5.41) is 5.09. The number of fused-ring (bicyclic) bond motifs is 1. The first-order valence-corrected chi connectivity index (χ1v) is 12.0. The molecule has 0 saturated carbocycles. The molecule has 1 unspecified atom stereocenters. The zero-order valence-corrected chi connectivity index (χ0v) is 20.0. The number of hydrogen-bond donors (Lipinski definition) is 1. The molecule has 7 nitrogen and oxygen atoms in total. The molecule has 3 aromatic rings. The van der Waals surface area contributed by atoms with Crippen molar-refractivity contribution < 1.29 is 19.1 Å². The number of carbonyl (C=O) groups is 2. The van der Waals surface area contributed by atoms with Crippen molar-refractivity contribution in [3.8, 4) is 5.75 Å². The largest absolute Gasteiger partial charge is 0.494 e. The van der Waals surface area contributed by atoms with E-state index in [1.165, 1.54) is 11.8 Å². The fraction of sp³-hybridized carbons (Fsp3) is 0.269. The molecule has 1 aliphatic heterocycles. The minimum Gasteiger partial charge on any atom is -0.494 e. The summed E-state index contributed by atoms with van der Waals surface area (Å²) in [7, 11) is 1.59. The predicted molar refractivity (Wildman–Crippen MR) is 137 cm³/mol. The van der Waals surface area contributed by atoms with Gasteiger partial charge in [-0.15, -0.1) is 0 Å². The third kappa shape index (κ3) is 5.76. The van der Waals surface area contributed by atoms with Crippen molar-refractivity contribution in [2.24, 2.45) is 4.99 Å². The summed E-state index contributed by atoms with van der Waals surface area (Å²) in [5.74, 6) is 0.414. The van der Waals surface area contributed by atoms with Crippen molar-refractivity contribution in [1.29, 1.82) is 0 Å². The Labute approximate surface area is 203 Å². The van der Waals surface area contributed by atoms with Gasteiger partial charge >= 0.3 is 0 Å². The van der Waals surface area contributed by atoms with Gasteiger partial charge in [-0.3, -0.25) is 14.5 Å². The molecule has 34 heavy (non-hydrogen) atoms. The van der Waals surface area contributed by atoms with E-state index in [9.17, 15) is 9.59 Å². The number of nitrogens with zero attached hydrogens (tertiary/aromatic N) is 2. The fourth-order valence-electron chi connectivity index (χ4n) is 3.65. The molecule has 1 heterocycles. The zero-order valence-electron chi connectivity index (χ0n) is 19.2. The Hall–Kier alpha value is -3.36. The minimum atomic E-state index is -0.543. The molecule has 4 rings (SSSR count). The summed E-state index contributed by atoms with van der Waals surface area (Å²) in [6.45, 7) is 3.27. The number of thioether (sulfide) groups is 1. The Bertz CT molecular complexity index is 1200. The van der Waals surface area contributed by atoms with Crippen LogP contribution in [-0.2, 0) is 14.3 Å². The van der Waals surface area contributed by atoms with Crippen molar-refractivity contribution in [1.82, 2.24) is 4.90 Å². The second-order valence-corrected chi connectivity index (χ2v) is 8.89. The van der Waals surface area contributed by atoms with Crippen LogP contribution in [0.15, 0.2) is 71.7 Å². The van der Waals surface area contributed by atoms with E-state index in [2.05, 4.69) is 10.3 Å². The SMILES string of the molecule is CCOc1ccc(N=C2SC(CC(=O)Nc3ccc4ccccc4c3)C(=O)N2CCOC)cc1.